The molecule has 0 radical (unpaired) electrons. The van der Waals surface area contributed by atoms with Gasteiger partial charge in [-0.15, -0.1) is 0 Å². The van der Waals surface area contributed by atoms with E-state index < -0.39 is 39.8 Å². The maximum absolute atomic E-state index is 13.3. The zero-order chi connectivity index (χ0) is 24.6. The number of allylic oxidation sites excluding steroid dienone is 1. The minimum absolute atomic E-state index is 0.0619. The first-order valence-corrected chi connectivity index (χ1v) is 12.2. The molecule has 4 rings (SSSR count). The van der Waals surface area contributed by atoms with Crippen LogP contribution in [0.4, 0.5) is 0 Å². The highest BCUT2D eigenvalue weighted by Gasteiger charge is 2.72. The van der Waals surface area contributed by atoms with Crippen LogP contribution in [-0.4, -0.2) is 47.7 Å². The van der Waals surface area contributed by atoms with Crippen molar-refractivity contribution in [1.82, 2.24) is 0 Å². The second-order valence-corrected chi connectivity index (χ2v) is 11.6. The van der Waals surface area contributed by atoms with Gasteiger partial charge in [0.15, 0.2) is 5.78 Å². The average Bonchev–Trinajstić information content (AvgIpc) is 3.09. The fourth-order valence-electron chi connectivity index (χ4n) is 7.98. The summed E-state index contributed by atoms with van der Waals surface area (Å²) in [6.45, 7) is 11.6. The van der Waals surface area contributed by atoms with Gasteiger partial charge in [-0.25, -0.2) is 0 Å². The van der Waals surface area contributed by atoms with Crippen molar-refractivity contribution in [3.63, 3.8) is 0 Å². The van der Waals surface area contributed by atoms with Crippen molar-refractivity contribution >= 4 is 17.7 Å². The average molecular weight is 463 g/mol. The summed E-state index contributed by atoms with van der Waals surface area (Å²) < 4.78 is 17.8. The number of carbonyl (C=O) groups excluding carboxylic acids is 3. The van der Waals surface area contributed by atoms with Crippen molar-refractivity contribution in [3.8, 4) is 0 Å². The summed E-state index contributed by atoms with van der Waals surface area (Å²) in [5.41, 5.74) is -2.24. The summed E-state index contributed by atoms with van der Waals surface area (Å²) in [6.07, 6.45) is 3.20. The summed E-state index contributed by atoms with van der Waals surface area (Å²) in [4.78, 5) is 38.4. The normalized spacial score (nSPS) is 44.5. The van der Waals surface area contributed by atoms with Gasteiger partial charge in [-0.05, 0) is 51.9 Å². The maximum atomic E-state index is 13.3. The Hall–Kier alpha value is -1.89. The van der Waals surface area contributed by atoms with E-state index in [2.05, 4.69) is 13.8 Å². The van der Waals surface area contributed by atoms with Gasteiger partial charge in [-0.2, -0.15) is 0 Å². The number of ketones is 1. The number of Topliss-reactive ketones (excluding diaryl/α,β-unsaturated/α-hetero) is 1. The Labute approximate surface area is 196 Å². The predicted octanol–water partition coefficient (Wildman–Crippen LogP) is 3.57. The van der Waals surface area contributed by atoms with Crippen molar-refractivity contribution in [1.29, 1.82) is 0 Å². The molecule has 0 bridgehead atoms. The first kappa shape index (κ1) is 24.2. The van der Waals surface area contributed by atoms with Crippen LogP contribution in [0.25, 0.3) is 0 Å². The number of fused-ring (bicyclic) bond motifs is 3. The molecular formula is C26H38O7. The third kappa shape index (κ3) is 3.00. The third-order valence-electron chi connectivity index (χ3n) is 9.90. The van der Waals surface area contributed by atoms with E-state index in [4.69, 9.17) is 14.2 Å². The molecule has 184 valence electrons. The Balaban J connectivity index is 1.90. The number of carbonyl (C=O) groups is 3. The van der Waals surface area contributed by atoms with Crippen molar-refractivity contribution in [2.45, 2.75) is 84.8 Å². The van der Waals surface area contributed by atoms with Gasteiger partial charge in [-0.3, -0.25) is 14.4 Å². The van der Waals surface area contributed by atoms with Crippen LogP contribution in [0.2, 0.25) is 0 Å². The Morgan fingerprint density at radius 1 is 1.15 bits per heavy atom. The highest BCUT2D eigenvalue weighted by atomic mass is 16.6. The van der Waals surface area contributed by atoms with E-state index in [9.17, 15) is 19.5 Å². The molecule has 1 saturated carbocycles. The number of ether oxygens (including phenoxy) is 3. The number of rotatable bonds is 2. The third-order valence-corrected chi connectivity index (χ3v) is 9.90. The molecule has 7 nitrogen and oxygen atoms in total. The molecule has 1 N–H and O–H groups in total. The summed E-state index contributed by atoms with van der Waals surface area (Å²) in [5, 5.41) is 10.8. The Morgan fingerprint density at radius 2 is 1.82 bits per heavy atom. The van der Waals surface area contributed by atoms with Gasteiger partial charge < -0.3 is 19.3 Å². The zero-order valence-corrected chi connectivity index (χ0v) is 20.9. The first-order chi connectivity index (χ1) is 15.3. The Morgan fingerprint density at radius 3 is 2.42 bits per heavy atom. The van der Waals surface area contributed by atoms with E-state index in [1.54, 1.807) is 6.92 Å². The summed E-state index contributed by atoms with van der Waals surface area (Å²) in [5.74, 6) is -1.80. The van der Waals surface area contributed by atoms with Crippen molar-refractivity contribution in [2.24, 2.45) is 34.5 Å². The van der Waals surface area contributed by atoms with Crippen molar-refractivity contribution in [3.05, 3.63) is 11.3 Å². The predicted molar refractivity (Wildman–Crippen MR) is 120 cm³/mol. The first-order valence-electron chi connectivity index (χ1n) is 12.2. The molecule has 33 heavy (non-hydrogen) atoms. The van der Waals surface area contributed by atoms with E-state index in [1.807, 2.05) is 20.8 Å². The largest absolute Gasteiger partial charge is 0.490 e. The zero-order valence-electron chi connectivity index (χ0n) is 20.9. The minimum Gasteiger partial charge on any atom is -0.490 e. The van der Waals surface area contributed by atoms with E-state index >= 15 is 0 Å². The highest BCUT2D eigenvalue weighted by molar-refractivity contribution is 6.09. The Kier molecular flexibility index (Phi) is 5.55. The fraction of sp³-hybridized carbons (Fsp3) is 0.808. The lowest BCUT2D eigenvalue weighted by molar-refractivity contribution is -0.202. The van der Waals surface area contributed by atoms with Crippen molar-refractivity contribution < 1.29 is 33.7 Å². The lowest BCUT2D eigenvalue weighted by Gasteiger charge is -2.59. The monoisotopic (exact) mass is 462 g/mol. The van der Waals surface area contributed by atoms with Crippen LogP contribution in [0.5, 0.6) is 0 Å². The molecule has 0 aromatic heterocycles. The van der Waals surface area contributed by atoms with Gasteiger partial charge in [0.25, 0.3) is 0 Å². The minimum atomic E-state index is -0.970. The summed E-state index contributed by atoms with van der Waals surface area (Å²) in [7, 11) is 1.29. The topological polar surface area (TPSA) is 99.1 Å². The van der Waals surface area contributed by atoms with Gasteiger partial charge in [0.2, 0.25) is 0 Å². The van der Waals surface area contributed by atoms with Gasteiger partial charge >= 0.3 is 11.9 Å². The molecule has 3 fully saturated rings. The highest BCUT2D eigenvalue weighted by Crippen LogP contribution is 2.69. The molecule has 2 aliphatic heterocycles. The number of hydrogen-bond acceptors (Lipinski definition) is 7. The molecule has 1 spiro atoms. The summed E-state index contributed by atoms with van der Waals surface area (Å²) >= 11 is 0. The van der Waals surface area contributed by atoms with Crippen LogP contribution in [0.1, 0.15) is 73.6 Å². The lowest BCUT2D eigenvalue weighted by Crippen LogP contribution is -2.62. The van der Waals surface area contributed by atoms with Gasteiger partial charge in [0.05, 0.1) is 19.1 Å². The summed E-state index contributed by atoms with van der Waals surface area (Å²) in [6, 6.07) is 0. The van der Waals surface area contributed by atoms with Crippen LogP contribution in [0.3, 0.4) is 0 Å². The van der Waals surface area contributed by atoms with E-state index in [0.717, 1.165) is 12.8 Å². The van der Waals surface area contributed by atoms with Crippen LogP contribution in [0, 0.1) is 34.5 Å². The molecule has 2 saturated heterocycles. The van der Waals surface area contributed by atoms with Gasteiger partial charge in [0, 0.05) is 29.7 Å². The molecule has 2 aliphatic carbocycles. The van der Waals surface area contributed by atoms with Crippen molar-refractivity contribution in [2.75, 3.05) is 13.7 Å². The molecule has 0 aromatic carbocycles. The SMILES string of the molecule is COC(=O)[C@@H]1C(=O)C(C)=C2O[C@@]3(C[C@]2(CO)[C@H]1C)[C@@H](C)CC[C@H]1C(C)(C)OC(=O)CC[C@@]13C. The maximum Gasteiger partial charge on any atom is 0.316 e. The number of methoxy groups -OCH3 is 1. The Bertz CT molecular complexity index is 920. The molecule has 0 amide bonds. The van der Waals surface area contributed by atoms with Crippen LogP contribution in [-0.2, 0) is 28.6 Å². The van der Waals surface area contributed by atoms with Crippen LogP contribution < -0.4 is 0 Å². The van der Waals surface area contributed by atoms with Crippen LogP contribution in [0.15, 0.2) is 11.3 Å². The molecular weight excluding hydrogens is 424 g/mol. The molecule has 2 heterocycles. The number of hydrogen-bond donors (Lipinski definition) is 1. The van der Waals surface area contributed by atoms with Gasteiger partial charge in [0.1, 0.15) is 22.9 Å². The van der Waals surface area contributed by atoms with E-state index in [1.165, 1.54) is 7.11 Å². The number of aliphatic hydroxyl groups is 1. The fourth-order valence-corrected chi connectivity index (χ4v) is 7.98. The number of cyclic esters (lactones) is 1. The quantitative estimate of drug-likeness (QED) is 0.495. The lowest BCUT2D eigenvalue weighted by atomic mass is 9.47. The molecule has 0 aromatic rings. The second kappa shape index (κ2) is 7.56. The standard InChI is InChI=1S/C26H38O7/c1-14-8-9-17-23(4,5)32-18(28)10-11-24(17,6)26(14)12-25(13-27)16(3)19(22(30)31-7)20(29)15(2)21(25)33-26/h14,16-17,19,27H,8-13H2,1-7H3/t14-,16-,17-,19-,24-,25-,26-/m0/s1. The van der Waals surface area contributed by atoms with E-state index in [-0.39, 0.29) is 30.2 Å². The molecule has 4 aliphatic rings. The smallest absolute Gasteiger partial charge is 0.316 e. The van der Waals surface area contributed by atoms with Gasteiger partial charge in [-0.1, -0.05) is 20.8 Å². The van der Waals surface area contributed by atoms with Crippen LogP contribution >= 0.6 is 0 Å². The molecule has 7 atom stereocenters. The molecule has 0 unspecified atom stereocenters. The second-order valence-electron chi connectivity index (χ2n) is 11.6. The number of aliphatic hydroxyl groups excluding tert-OH is 1. The molecule has 7 heteroatoms. The number of esters is 2. The van der Waals surface area contributed by atoms with E-state index in [0.29, 0.717) is 30.6 Å².